The quantitative estimate of drug-likeness (QED) is 0.752. The first-order valence-corrected chi connectivity index (χ1v) is 7.09. The molecule has 0 atom stereocenters. The zero-order valence-corrected chi connectivity index (χ0v) is 12.9. The highest BCUT2D eigenvalue weighted by molar-refractivity contribution is 5.81. The minimum atomic E-state index is -0.0339. The van der Waals surface area contributed by atoms with E-state index in [9.17, 15) is 4.79 Å². The van der Waals surface area contributed by atoms with Crippen molar-refractivity contribution < 1.29 is 9.53 Å². The topological polar surface area (TPSA) is 92.3 Å². The van der Waals surface area contributed by atoms with Gasteiger partial charge in [-0.2, -0.15) is 15.0 Å². The molecule has 2 rings (SSSR count). The van der Waals surface area contributed by atoms with E-state index in [0.29, 0.717) is 17.9 Å². The first-order chi connectivity index (χ1) is 9.97. The van der Waals surface area contributed by atoms with Crippen molar-refractivity contribution in [3.63, 3.8) is 0 Å². The Bertz CT molecular complexity index is 503. The molecular formula is C13H22N6O2. The number of anilines is 2. The predicted octanol–water partition coefficient (Wildman–Crippen LogP) is 0.415. The van der Waals surface area contributed by atoms with Crippen LogP contribution in [0.15, 0.2) is 0 Å². The van der Waals surface area contributed by atoms with Crippen LogP contribution in [0, 0.1) is 0 Å². The lowest BCUT2D eigenvalue weighted by Gasteiger charge is -2.18. The molecule has 2 N–H and O–H groups in total. The summed E-state index contributed by atoms with van der Waals surface area (Å²) >= 11 is 0. The van der Waals surface area contributed by atoms with E-state index in [2.05, 4.69) is 25.6 Å². The second-order valence-electron chi connectivity index (χ2n) is 5.36. The van der Waals surface area contributed by atoms with E-state index in [1.165, 1.54) is 0 Å². The van der Waals surface area contributed by atoms with E-state index in [4.69, 9.17) is 4.74 Å². The molecule has 1 amide bonds. The number of rotatable bonds is 7. The summed E-state index contributed by atoms with van der Waals surface area (Å²) in [6, 6.07) is 0.589. The summed E-state index contributed by atoms with van der Waals surface area (Å²) in [5, 5.41) is 5.79. The Kier molecular flexibility index (Phi) is 4.77. The molecule has 1 heterocycles. The fourth-order valence-corrected chi connectivity index (χ4v) is 1.68. The molecular weight excluding hydrogens is 272 g/mol. The number of nitrogens with one attached hydrogen (secondary N) is 2. The Hall–Kier alpha value is -2.12. The van der Waals surface area contributed by atoms with Crippen molar-refractivity contribution in [2.24, 2.45) is 0 Å². The molecule has 8 nitrogen and oxygen atoms in total. The Morgan fingerprint density at radius 3 is 2.67 bits per heavy atom. The Morgan fingerprint density at radius 1 is 1.38 bits per heavy atom. The van der Waals surface area contributed by atoms with Gasteiger partial charge in [-0.3, -0.25) is 4.79 Å². The van der Waals surface area contributed by atoms with Crippen molar-refractivity contribution in [1.29, 1.82) is 0 Å². The van der Waals surface area contributed by atoms with Crippen LogP contribution in [-0.2, 0) is 4.79 Å². The van der Waals surface area contributed by atoms with Crippen molar-refractivity contribution >= 4 is 17.8 Å². The number of ether oxygens (including phenoxy) is 1. The summed E-state index contributed by atoms with van der Waals surface area (Å²) in [6.07, 6.45) is 2.10. The van der Waals surface area contributed by atoms with Gasteiger partial charge in [0.25, 0.3) is 0 Å². The van der Waals surface area contributed by atoms with Gasteiger partial charge in [-0.1, -0.05) is 0 Å². The van der Waals surface area contributed by atoms with Gasteiger partial charge in [0.2, 0.25) is 17.8 Å². The van der Waals surface area contributed by atoms with Gasteiger partial charge in [0.05, 0.1) is 12.6 Å². The zero-order chi connectivity index (χ0) is 15.4. The Balaban J connectivity index is 2.06. The molecule has 1 fully saturated rings. The van der Waals surface area contributed by atoms with Crippen LogP contribution in [0.1, 0.15) is 26.7 Å². The second-order valence-corrected chi connectivity index (χ2v) is 5.36. The maximum Gasteiger partial charge on any atom is 0.323 e. The van der Waals surface area contributed by atoms with Crippen LogP contribution in [0.4, 0.5) is 11.9 Å². The van der Waals surface area contributed by atoms with Crippen LogP contribution in [0.25, 0.3) is 0 Å². The van der Waals surface area contributed by atoms with Gasteiger partial charge in [0.15, 0.2) is 0 Å². The van der Waals surface area contributed by atoms with E-state index in [1.807, 2.05) is 13.8 Å². The molecule has 8 heteroatoms. The molecule has 0 radical (unpaired) electrons. The van der Waals surface area contributed by atoms with Crippen molar-refractivity contribution in [2.75, 3.05) is 30.9 Å². The molecule has 0 aliphatic heterocycles. The molecule has 0 saturated heterocycles. The van der Waals surface area contributed by atoms with Gasteiger partial charge in [-0.25, -0.2) is 0 Å². The SMILES string of the molecule is CNc1nc(OC(C)C)nc(N(C)CC(=O)NC2CC2)n1. The number of carbonyl (C=O) groups excluding carboxylic acids is 1. The lowest BCUT2D eigenvalue weighted by atomic mass is 10.5. The number of hydrogen-bond donors (Lipinski definition) is 2. The van der Waals surface area contributed by atoms with Crippen molar-refractivity contribution in [2.45, 2.75) is 38.8 Å². The van der Waals surface area contributed by atoms with Crippen LogP contribution in [0.3, 0.4) is 0 Å². The third kappa shape index (κ3) is 4.73. The average molecular weight is 294 g/mol. The lowest BCUT2D eigenvalue weighted by Crippen LogP contribution is -2.37. The fraction of sp³-hybridized carbons (Fsp3) is 0.692. The highest BCUT2D eigenvalue weighted by Crippen LogP contribution is 2.19. The minimum Gasteiger partial charge on any atom is -0.461 e. The molecule has 1 aromatic rings. The van der Waals surface area contributed by atoms with Gasteiger partial charge >= 0.3 is 6.01 Å². The van der Waals surface area contributed by atoms with Gasteiger partial charge in [-0.05, 0) is 26.7 Å². The fourth-order valence-electron chi connectivity index (χ4n) is 1.68. The highest BCUT2D eigenvalue weighted by atomic mass is 16.5. The van der Waals surface area contributed by atoms with Gasteiger partial charge in [-0.15, -0.1) is 0 Å². The Labute approximate surface area is 124 Å². The third-order valence-corrected chi connectivity index (χ3v) is 2.83. The van der Waals surface area contributed by atoms with Crippen LogP contribution in [0.5, 0.6) is 6.01 Å². The first kappa shape index (κ1) is 15.3. The average Bonchev–Trinajstić information content (AvgIpc) is 3.21. The van der Waals surface area contributed by atoms with Crippen LogP contribution >= 0.6 is 0 Å². The Morgan fingerprint density at radius 2 is 2.10 bits per heavy atom. The van der Waals surface area contributed by atoms with E-state index in [1.54, 1.807) is 19.0 Å². The molecule has 1 aliphatic rings. The summed E-state index contributed by atoms with van der Waals surface area (Å²) in [5.74, 6) is 0.777. The number of nitrogens with zero attached hydrogens (tertiary/aromatic N) is 4. The molecule has 21 heavy (non-hydrogen) atoms. The molecule has 1 aromatic heterocycles. The number of hydrogen-bond acceptors (Lipinski definition) is 7. The minimum absolute atomic E-state index is 0.0299. The molecule has 116 valence electrons. The maximum absolute atomic E-state index is 11.8. The van der Waals surface area contributed by atoms with Gasteiger partial charge < -0.3 is 20.3 Å². The van der Waals surface area contributed by atoms with Crippen LogP contribution < -0.4 is 20.3 Å². The number of likely N-dealkylation sites (N-methyl/N-ethyl adjacent to an activating group) is 1. The summed E-state index contributed by atoms with van der Waals surface area (Å²) in [6.45, 7) is 4.00. The smallest absolute Gasteiger partial charge is 0.323 e. The summed E-state index contributed by atoms with van der Waals surface area (Å²) in [7, 11) is 3.48. The van der Waals surface area contributed by atoms with Crippen molar-refractivity contribution in [3.05, 3.63) is 0 Å². The molecule has 1 saturated carbocycles. The highest BCUT2D eigenvalue weighted by Gasteiger charge is 2.24. The molecule has 0 bridgehead atoms. The van der Waals surface area contributed by atoms with Crippen LogP contribution in [0.2, 0.25) is 0 Å². The number of aromatic nitrogens is 3. The van der Waals surface area contributed by atoms with Gasteiger partial charge in [0, 0.05) is 20.1 Å². The molecule has 1 aliphatic carbocycles. The molecule has 0 unspecified atom stereocenters. The van der Waals surface area contributed by atoms with Crippen molar-refractivity contribution in [1.82, 2.24) is 20.3 Å². The second kappa shape index (κ2) is 6.55. The van der Waals surface area contributed by atoms with E-state index >= 15 is 0 Å². The summed E-state index contributed by atoms with van der Waals surface area (Å²) in [4.78, 5) is 26.1. The summed E-state index contributed by atoms with van der Waals surface area (Å²) in [5.41, 5.74) is 0. The molecule has 0 spiro atoms. The van der Waals surface area contributed by atoms with Crippen LogP contribution in [-0.4, -0.2) is 53.6 Å². The summed E-state index contributed by atoms with van der Waals surface area (Å²) < 4.78 is 5.50. The predicted molar refractivity (Wildman–Crippen MR) is 79.6 cm³/mol. The standard InChI is InChI=1S/C13H22N6O2/c1-8(2)21-13-17-11(14-3)16-12(18-13)19(4)7-10(20)15-9-5-6-9/h8-9H,5-7H2,1-4H3,(H,15,20)(H,14,16,17,18). The maximum atomic E-state index is 11.8. The first-order valence-electron chi connectivity index (χ1n) is 7.09. The van der Waals surface area contributed by atoms with Gasteiger partial charge in [0.1, 0.15) is 0 Å². The number of carbonyl (C=O) groups is 1. The van der Waals surface area contributed by atoms with E-state index in [-0.39, 0.29) is 24.6 Å². The lowest BCUT2D eigenvalue weighted by molar-refractivity contribution is -0.119. The zero-order valence-electron chi connectivity index (χ0n) is 12.9. The van der Waals surface area contributed by atoms with Crippen molar-refractivity contribution in [3.8, 4) is 6.01 Å². The van der Waals surface area contributed by atoms with E-state index in [0.717, 1.165) is 12.8 Å². The molecule has 0 aromatic carbocycles. The monoisotopic (exact) mass is 294 g/mol. The number of amides is 1. The third-order valence-electron chi connectivity index (χ3n) is 2.83. The normalized spacial score (nSPS) is 14.0. The van der Waals surface area contributed by atoms with E-state index < -0.39 is 0 Å². The largest absolute Gasteiger partial charge is 0.461 e.